The van der Waals surface area contributed by atoms with Crippen molar-refractivity contribution in [1.82, 2.24) is 15.2 Å². The predicted octanol–water partition coefficient (Wildman–Crippen LogP) is 1.93. The van der Waals surface area contributed by atoms with E-state index in [1.165, 1.54) is 18.5 Å². The van der Waals surface area contributed by atoms with Crippen LogP contribution in [0.5, 0.6) is 0 Å². The molecule has 2 atom stereocenters. The first-order chi connectivity index (χ1) is 9.63. The van der Waals surface area contributed by atoms with Crippen LogP contribution in [0.2, 0.25) is 0 Å². The number of nitrogens with one attached hydrogen (secondary N) is 1. The summed E-state index contributed by atoms with van der Waals surface area (Å²) in [5.74, 6) is 0.938. The molecule has 1 aliphatic heterocycles. The SMILES string of the molecule is CC1CCN(C(=O)NCc2nc(C3CC3)cs2)CC1O. The minimum absolute atomic E-state index is 0.0980. The number of thiazole rings is 1. The summed E-state index contributed by atoms with van der Waals surface area (Å²) in [5, 5.41) is 15.8. The van der Waals surface area contributed by atoms with Crippen LogP contribution < -0.4 is 5.32 Å². The van der Waals surface area contributed by atoms with Gasteiger partial charge in [-0.05, 0) is 25.2 Å². The van der Waals surface area contributed by atoms with Gasteiger partial charge in [0.05, 0.1) is 18.3 Å². The highest BCUT2D eigenvalue weighted by Crippen LogP contribution is 2.40. The Kier molecular flexibility index (Phi) is 3.94. The van der Waals surface area contributed by atoms with Crippen molar-refractivity contribution in [3.05, 3.63) is 16.1 Å². The fourth-order valence-corrected chi connectivity index (χ4v) is 3.28. The molecular weight excluding hydrogens is 274 g/mol. The van der Waals surface area contributed by atoms with E-state index in [1.54, 1.807) is 16.2 Å². The lowest BCUT2D eigenvalue weighted by atomic mass is 9.96. The van der Waals surface area contributed by atoms with Crippen molar-refractivity contribution < 1.29 is 9.90 Å². The second-order valence-electron chi connectivity index (χ2n) is 5.88. The predicted molar refractivity (Wildman–Crippen MR) is 77.7 cm³/mol. The third kappa shape index (κ3) is 3.12. The van der Waals surface area contributed by atoms with Crippen molar-refractivity contribution >= 4 is 17.4 Å². The molecule has 2 amide bonds. The zero-order chi connectivity index (χ0) is 14.1. The summed E-state index contributed by atoms with van der Waals surface area (Å²) in [6, 6.07) is -0.0980. The summed E-state index contributed by atoms with van der Waals surface area (Å²) in [4.78, 5) is 18.3. The molecule has 0 aromatic carbocycles. The molecule has 1 aromatic rings. The Morgan fingerprint density at radius 3 is 3.05 bits per heavy atom. The van der Waals surface area contributed by atoms with Gasteiger partial charge >= 0.3 is 6.03 Å². The van der Waals surface area contributed by atoms with Crippen molar-refractivity contribution in [2.24, 2.45) is 5.92 Å². The summed E-state index contributed by atoms with van der Waals surface area (Å²) in [6.45, 7) is 3.65. The number of aliphatic hydroxyl groups is 1. The van der Waals surface area contributed by atoms with Gasteiger partial charge in [0, 0.05) is 24.4 Å². The largest absolute Gasteiger partial charge is 0.391 e. The van der Waals surface area contributed by atoms with E-state index in [1.807, 2.05) is 6.92 Å². The average molecular weight is 295 g/mol. The summed E-state index contributed by atoms with van der Waals surface area (Å²) in [6.07, 6.45) is 2.95. The molecule has 2 fully saturated rings. The van der Waals surface area contributed by atoms with Gasteiger partial charge in [0.1, 0.15) is 5.01 Å². The molecule has 2 N–H and O–H groups in total. The van der Waals surface area contributed by atoms with Crippen molar-refractivity contribution in [2.45, 2.75) is 44.8 Å². The first-order valence-electron chi connectivity index (χ1n) is 7.28. The first kappa shape index (κ1) is 13.8. The summed E-state index contributed by atoms with van der Waals surface area (Å²) in [7, 11) is 0. The molecular formula is C14H21N3O2S. The Morgan fingerprint density at radius 2 is 2.35 bits per heavy atom. The second-order valence-corrected chi connectivity index (χ2v) is 6.82. The van der Waals surface area contributed by atoms with Crippen LogP contribution in [-0.2, 0) is 6.54 Å². The number of amides is 2. The Hall–Kier alpha value is -1.14. The van der Waals surface area contributed by atoms with Crippen LogP contribution in [0.4, 0.5) is 4.79 Å². The number of aliphatic hydroxyl groups excluding tert-OH is 1. The van der Waals surface area contributed by atoms with Crippen molar-refractivity contribution in [1.29, 1.82) is 0 Å². The van der Waals surface area contributed by atoms with E-state index in [4.69, 9.17) is 0 Å². The number of aromatic nitrogens is 1. The maximum atomic E-state index is 12.1. The lowest BCUT2D eigenvalue weighted by Crippen LogP contribution is -2.49. The van der Waals surface area contributed by atoms with Gasteiger partial charge in [-0.2, -0.15) is 0 Å². The third-order valence-electron chi connectivity index (χ3n) is 4.16. The van der Waals surface area contributed by atoms with Gasteiger partial charge < -0.3 is 15.3 Å². The topological polar surface area (TPSA) is 65.5 Å². The molecule has 20 heavy (non-hydrogen) atoms. The monoisotopic (exact) mass is 295 g/mol. The molecule has 0 spiro atoms. The molecule has 6 heteroatoms. The van der Waals surface area contributed by atoms with Gasteiger partial charge in [-0.15, -0.1) is 11.3 Å². The fourth-order valence-electron chi connectivity index (χ4n) is 2.47. The molecule has 1 aromatic heterocycles. The summed E-state index contributed by atoms with van der Waals surface area (Å²) in [5.41, 5.74) is 1.18. The zero-order valence-corrected chi connectivity index (χ0v) is 12.5. The number of hydrogen-bond donors (Lipinski definition) is 2. The van der Waals surface area contributed by atoms with Gasteiger partial charge in [0.25, 0.3) is 0 Å². The van der Waals surface area contributed by atoms with Gasteiger partial charge in [0.15, 0.2) is 0 Å². The van der Waals surface area contributed by atoms with E-state index >= 15 is 0 Å². The number of urea groups is 1. The van der Waals surface area contributed by atoms with E-state index < -0.39 is 6.10 Å². The number of hydrogen-bond acceptors (Lipinski definition) is 4. The Balaban J connectivity index is 1.48. The van der Waals surface area contributed by atoms with Crippen molar-refractivity contribution in [3.8, 4) is 0 Å². The van der Waals surface area contributed by atoms with Crippen LogP contribution >= 0.6 is 11.3 Å². The number of carbonyl (C=O) groups excluding carboxylic acids is 1. The molecule has 110 valence electrons. The highest BCUT2D eigenvalue weighted by molar-refractivity contribution is 7.09. The van der Waals surface area contributed by atoms with E-state index in [0.29, 0.717) is 19.0 Å². The van der Waals surface area contributed by atoms with Crippen LogP contribution in [0.3, 0.4) is 0 Å². The number of nitrogens with zero attached hydrogens (tertiary/aromatic N) is 2. The second kappa shape index (κ2) is 5.69. The minimum Gasteiger partial charge on any atom is -0.391 e. The molecule has 2 heterocycles. The molecule has 0 radical (unpaired) electrons. The Morgan fingerprint density at radius 1 is 1.55 bits per heavy atom. The van der Waals surface area contributed by atoms with E-state index in [9.17, 15) is 9.90 Å². The highest BCUT2D eigenvalue weighted by Gasteiger charge is 2.28. The van der Waals surface area contributed by atoms with Gasteiger partial charge in [0.2, 0.25) is 0 Å². The van der Waals surface area contributed by atoms with Crippen LogP contribution in [0.1, 0.15) is 42.8 Å². The molecule has 3 rings (SSSR count). The zero-order valence-electron chi connectivity index (χ0n) is 11.7. The Labute approximate surface area is 123 Å². The minimum atomic E-state index is -0.407. The molecule has 5 nitrogen and oxygen atoms in total. The lowest BCUT2D eigenvalue weighted by Gasteiger charge is -2.34. The summed E-state index contributed by atoms with van der Waals surface area (Å²) < 4.78 is 0. The standard InChI is InChI=1S/C14H21N3O2S/c1-9-4-5-17(7-12(9)18)14(19)15-6-13-16-11(8-20-13)10-2-3-10/h8-10,12,18H,2-7H2,1H3,(H,15,19). The molecule has 1 saturated heterocycles. The van der Waals surface area contributed by atoms with E-state index in [2.05, 4.69) is 15.7 Å². The maximum Gasteiger partial charge on any atom is 0.317 e. The quantitative estimate of drug-likeness (QED) is 0.895. The molecule has 2 aliphatic rings. The molecule has 1 saturated carbocycles. The van der Waals surface area contributed by atoms with Crippen molar-refractivity contribution in [2.75, 3.05) is 13.1 Å². The van der Waals surface area contributed by atoms with Crippen LogP contribution in [-0.4, -0.2) is 40.2 Å². The van der Waals surface area contributed by atoms with E-state index in [0.717, 1.165) is 18.0 Å². The smallest absolute Gasteiger partial charge is 0.317 e. The van der Waals surface area contributed by atoms with E-state index in [-0.39, 0.29) is 11.9 Å². The number of carbonyl (C=O) groups is 1. The number of β-amino-alcohol motifs (C(OH)–C–C–N with tert-alkyl or cyclic N) is 1. The lowest BCUT2D eigenvalue weighted by molar-refractivity contribution is 0.0435. The first-order valence-corrected chi connectivity index (χ1v) is 8.16. The molecule has 1 aliphatic carbocycles. The van der Waals surface area contributed by atoms with Crippen LogP contribution in [0.15, 0.2) is 5.38 Å². The molecule has 0 bridgehead atoms. The van der Waals surface area contributed by atoms with Crippen LogP contribution in [0, 0.1) is 5.92 Å². The fraction of sp³-hybridized carbons (Fsp3) is 0.714. The maximum absolute atomic E-state index is 12.1. The average Bonchev–Trinajstić information content (AvgIpc) is 3.18. The summed E-state index contributed by atoms with van der Waals surface area (Å²) >= 11 is 1.61. The number of rotatable bonds is 3. The third-order valence-corrected chi connectivity index (χ3v) is 5.03. The Bertz CT molecular complexity index is 487. The molecule has 2 unspecified atom stereocenters. The van der Waals surface area contributed by atoms with Gasteiger partial charge in [-0.1, -0.05) is 6.92 Å². The highest BCUT2D eigenvalue weighted by atomic mass is 32.1. The van der Waals surface area contributed by atoms with Gasteiger partial charge in [-0.3, -0.25) is 0 Å². The number of likely N-dealkylation sites (tertiary alicyclic amines) is 1. The van der Waals surface area contributed by atoms with Gasteiger partial charge in [-0.25, -0.2) is 9.78 Å². The normalized spacial score (nSPS) is 26.6. The van der Waals surface area contributed by atoms with Crippen LogP contribution in [0.25, 0.3) is 0 Å². The van der Waals surface area contributed by atoms with Crippen molar-refractivity contribution in [3.63, 3.8) is 0 Å². The number of piperidine rings is 1.